The molecule has 0 aliphatic carbocycles. The number of nitrogens with one attached hydrogen (secondary N) is 1. The van der Waals surface area contributed by atoms with Gasteiger partial charge in [0.05, 0.1) is 19.1 Å². The van der Waals surface area contributed by atoms with Crippen LogP contribution in [0.15, 0.2) is 12.2 Å². The highest BCUT2D eigenvalue weighted by atomic mass is 16.5. The molecule has 0 aromatic carbocycles. The fourth-order valence-electron chi connectivity index (χ4n) is 0.797. The Kier molecular flexibility index (Phi) is 7.06. The topological polar surface area (TPSA) is 58.6 Å². The Bertz CT molecular complexity index is 192. The zero-order valence-electron chi connectivity index (χ0n) is 8.88. The van der Waals surface area contributed by atoms with Gasteiger partial charge < -0.3 is 15.2 Å². The Labute approximate surface area is 85.0 Å². The van der Waals surface area contributed by atoms with Crippen LogP contribution in [0, 0.1) is 5.92 Å². The monoisotopic (exact) mass is 201 g/mol. The molecule has 0 aliphatic rings. The van der Waals surface area contributed by atoms with Gasteiger partial charge in [-0.15, -0.1) is 0 Å². The minimum atomic E-state index is -0.777. The molecule has 0 bridgehead atoms. The molecule has 4 nitrogen and oxygen atoms in total. The number of hydrogen-bond donors (Lipinski definition) is 2. The van der Waals surface area contributed by atoms with Crippen LogP contribution >= 0.6 is 0 Å². The number of aliphatic carboxylic acids is 1. The van der Waals surface area contributed by atoms with Crippen molar-refractivity contribution in [2.45, 2.75) is 13.8 Å². The van der Waals surface area contributed by atoms with Crippen molar-refractivity contribution in [3.05, 3.63) is 12.2 Å². The average molecular weight is 201 g/mol. The maximum atomic E-state index is 10.4. The molecule has 0 aromatic heterocycles. The van der Waals surface area contributed by atoms with E-state index in [0.29, 0.717) is 26.3 Å². The Morgan fingerprint density at radius 3 is 2.79 bits per heavy atom. The first kappa shape index (κ1) is 13.1. The van der Waals surface area contributed by atoms with Crippen molar-refractivity contribution >= 4 is 5.97 Å². The van der Waals surface area contributed by atoms with E-state index in [1.54, 1.807) is 6.92 Å². The molecule has 1 unspecified atom stereocenters. The second-order valence-corrected chi connectivity index (χ2v) is 3.45. The third-order valence-electron chi connectivity index (χ3n) is 1.64. The first-order chi connectivity index (χ1) is 6.54. The largest absolute Gasteiger partial charge is 0.481 e. The molecule has 82 valence electrons. The van der Waals surface area contributed by atoms with E-state index in [-0.39, 0.29) is 5.92 Å². The second-order valence-electron chi connectivity index (χ2n) is 3.45. The zero-order valence-corrected chi connectivity index (χ0v) is 8.88. The lowest BCUT2D eigenvalue weighted by molar-refractivity contribution is -0.140. The Balaban J connectivity index is 3.21. The van der Waals surface area contributed by atoms with E-state index in [2.05, 4.69) is 11.9 Å². The first-order valence-electron chi connectivity index (χ1n) is 4.69. The van der Waals surface area contributed by atoms with E-state index in [0.717, 1.165) is 5.57 Å². The predicted molar refractivity (Wildman–Crippen MR) is 55.3 cm³/mol. The van der Waals surface area contributed by atoms with Crippen LogP contribution in [-0.2, 0) is 9.53 Å². The summed E-state index contributed by atoms with van der Waals surface area (Å²) in [6, 6.07) is 0. The standard InChI is InChI=1S/C10H19NO3/c1-8(2)7-14-5-4-11-6-9(3)10(12)13/h9,11H,1,4-7H2,2-3H3,(H,12,13). The molecule has 0 spiro atoms. The molecule has 1 atom stereocenters. The van der Waals surface area contributed by atoms with E-state index in [1.807, 2.05) is 6.92 Å². The molecule has 0 amide bonds. The number of hydrogen-bond acceptors (Lipinski definition) is 3. The highest BCUT2D eigenvalue weighted by Crippen LogP contribution is 1.91. The predicted octanol–water partition coefficient (Wildman–Crippen LogP) is 0.889. The molecule has 0 fully saturated rings. The van der Waals surface area contributed by atoms with Crippen LogP contribution in [0.25, 0.3) is 0 Å². The van der Waals surface area contributed by atoms with E-state index in [1.165, 1.54) is 0 Å². The molecule has 0 saturated carbocycles. The quantitative estimate of drug-likeness (QED) is 0.452. The van der Waals surface area contributed by atoms with Crippen LogP contribution in [0.3, 0.4) is 0 Å². The molecule has 0 radical (unpaired) electrons. The van der Waals surface area contributed by atoms with Crippen molar-refractivity contribution in [2.75, 3.05) is 26.3 Å². The number of carboxylic acid groups (broad SMARTS) is 1. The lowest BCUT2D eigenvalue weighted by atomic mass is 10.2. The average Bonchev–Trinajstić information content (AvgIpc) is 2.09. The Morgan fingerprint density at radius 2 is 2.29 bits per heavy atom. The highest BCUT2D eigenvalue weighted by molar-refractivity contribution is 5.69. The van der Waals surface area contributed by atoms with Crippen LogP contribution in [0.5, 0.6) is 0 Å². The summed E-state index contributed by atoms with van der Waals surface area (Å²) in [4.78, 5) is 10.4. The van der Waals surface area contributed by atoms with Gasteiger partial charge in [0.2, 0.25) is 0 Å². The summed E-state index contributed by atoms with van der Waals surface area (Å²) in [5, 5.41) is 11.6. The molecule has 2 N–H and O–H groups in total. The van der Waals surface area contributed by atoms with Gasteiger partial charge in [0.1, 0.15) is 0 Å². The molecule has 14 heavy (non-hydrogen) atoms. The molecule has 0 aliphatic heterocycles. The van der Waals surface area contributed by atoms with Gasteiger partial charge in [-0.2, -0.15) is 0 Å². The fraction of sp³-hybridized carbons (Fsp3) is 0.700. The molecule has 4 heteroatoms. The summed E-state index contributed by atoms with van der Waals surface area (Å²) in [6.45, 7) is 9.57. The van der Waals surface area contributed by atoms with Gasteiger partial charge in [-0.25, -0.2) is 0 Å². The minimum absolute atomic E-state index is 0.351. The van der Waals surface area contributed by atoms with Crippen molar-refractivity contribution in [3.8, 4) is 0 Å². The van der Waals surface area contributed by atoms with Crippen molar-refractivity contribution in [1.29, 1.82) is 0 Å². The minimum Gasteiger partial charge on any atom is -0.481 e. The summed E-state index contributed by atoms with van der Waals surface area (Å²) < 4.78 is 5.23. The van der Waals surface area contributed by atoms with Crippen LogP contribution < -0.4 is 5.32 Å². The third-order valence-corrected chi connectivity index (χ3v) is 1.64. The summed E-state index contributed by atoms with van der Waals surface area (Å²) in [6.07, 6.45) is 0. The molecular formula is C10H19NO3. The highest BCUT2D eigenvalue weighted by Gasteiger charge is 2.08. The normalized spacial score (nSPS) is 12.4. The number of carbonyl (C=O) groups is 1. The van der Waals surface area contributed by atoms with Gasteiger partial charge >= 0.3 is 5.97 Å². The van der Waals surface area contributed by atoms with Crippen molar-refractivity contribution in [2.24, 2.45) is 5.92 Å². The summed E-state index contributed by atoms with van der Waals surface area (Å²) in [5.74, 6) is -1.13. The fourth-order valence-corrected chi connectivity index (χ4v) is 0.797. The second kappa shape index (κ2) is 7.53. The van der Waals surface area contributed by atoms with E-state index < -0.39 is 5.97 Å². The van der Waals surface area contributed by atoms with Crippen LogP contribution in [-0.4, -0.2) is 37.4 Å². The number of carboxylic acids is 1. The molecule has 0 aromatic rings. The smallest absolute Gasteiger partial charge is 0.307 e. The molecule has 0 heterocycles. The van der Waals surface area contributed by atoms with E-state index in [9.17, 15) is 4.79 Å². The summed E-state index contributed by atoms with van der Waals surface area (Å²) in [5.41, 5.74) is 0.990. The molecule has 0 rings (SSSR count). The Hall–Kier alpha value is -0.870. The summed E-state index contributed by atoms with van der Waals surface area (Å²) >= 11 is 0. The maximum Gasteiger partial charge on any atom is 0.307 e. The van der Waals surface area contributed by atoms with E-state index in [4.69, 9.17) is 9.84 Å². The lowest BCUT2D eigenvalue weighted by Gasteiger charge is -2.08. The molecular weight excluding hydrogens is 182 g/mol. The third kappa shape index (κ3) is 7.76. The lowest BCUT2D eigenvalue weighted by Crippen LogP contribution is -2.29. The SMILES string of the molecule is C=C(C)COCCNCC(C)C(=O)O. The molecule has 0 saturated heterocycles. The van der Waals surface area contributed by atoms with Gasteiger partial charge in [-0.1, -0.05) is 19.1 Å². The van der Waals surface area contributed by atoms with Gasteiger partial charge in [0.25, 0.3) is 0 Å². The van der Waals surface area contributed by atoms with E-state index >= 15 is 0 Å². The van der Waals surface area contributed by atoms with Crippen molar-refractivity contribution in [1.82, 2.24) is 5.32 Å². The van der Waals surface area contributed by atoms with Crippen LogP contribution in [0.1, 0.15) is 13.8 Å². The van der Waals surface area contributed by atoms with Gasteiger partial charge in [0, 0.05) is 13.1 Å². The number of ether oxygens (including phenoxy) is 1. The van der Waals surface area contributed by atoms with Crippen LogP contribution in [0.2, 0.25) is 0 Å². The van der Waals surface area contributed by atoms with Gasteiger partial charge in [-0.3, -0.25) is 4.79 Å². The maximum absolute atomic E-state index is 10.4. The van der Waals surface area contributed by atoms with Crippen molar-refractivity contribution in [3.63, 3.8) is 0 Å². The van der Waals surface area contributed by atoms with Crippen LogP contribution in [0.4, 0.5) is 0 Å². The zero-order chi connectivity index (χ0) is 11.0. The van der Waals surface area contributed by atoms with Gasteiger partial charge in [-0.05, 0) is 6.92 Å². The Morgan fingerprint density at radius 1 is 1.64 bits per heavy atom. The van der Waals surface area contributed by atoms with Crippen molar-refractivity contribution < 1.29 is 14.6 Å². The number of rotatable bonds is 8. The summed E-state index contributed by atoms with van der Waals surface area (Å²) in [7, 11) is 0. The van der Waals surface area contributed by atoms with Gasteiger partial charge in [0.15, 0.2) is 0 Å². The first-order valence-corrected chi connectivity index (χ1v) is 4.69.